The molecule has 19 heavy (non-hydrogen) atoms. The van der Waals surface area contributed by atoms with E-state index in [1.807, 2.05) is 6.92 Å². The molecule has 0 saturated heterocycles. The van der Waals surface area contributed by atoms with Gasteiger partial charge < -0.3 is 15.0 Å². The van der Waals surface area contributed by atoms with Gasteiger partial charge in [0.1, 0.15) is 0 Å². The van der Waals surface area contributed by atoms with Crippen molar-refractivity contribution in [2.75, 3.05) is 32.6 Å². The van der Waals surface area contributed by atoms with Crippen molar-refractivity contribution < 1.29 is 14.5 Å². The average Bonchev–Trinajstić information content (AvgIpc) is 2.43. The zero-order chi connectivity index (χ0) is 14.4. The van der Waals surface area contributed by atoms with Crippen molar-refractivity contribution >= 4 is 17.4 Å². The molecule has 8 heteroatoms. The molecule has 0 aliphatic carbocycles. The summed E-state index contributed by atoms with van der Waals surface area (Å²) < 4.78 is 4.90. The molecule has 0 aromatic carbocycles. The number of nitrogens with zero attached hydrogens (tertiary/aromatic N) is 3. The van der Waals surface area contributed by atoms with Crippen LogP contribution in [0.1, 0.15) is 6.92 Å². The minimum Gasteiger partial charge on any atom is -0.481 e. The first-order chi connectivity index (χ1) is 8.99. The summed E-state index contributed by atoms with van der Waals surface area (Å²) in [4.78, 5) is 27.3. The number of carbonyl (C=O) groups is 1. The molecule has 1 aromatic heterocycles. The molecule has 104 valence electrons. The molecule has 0 unspecified atom stereocenters. The lowest BCUT2D eigenvalue weighted by Crippen LogP contribution is -2.32. The molecule has 1 N–H and O–H groups in total. The molecule has 0 aliphatic heterocycles. The van der Waals surface area contributed by atoms with Crippen LogP contribution in [-0.4, -0.2) is 48.0 Å². The Hall–Kier alpha value is -2.38. The molecule has 0 aliphatic rings. The predicted octanol–water partition coefficient (Wildman–Crippen LogP) is 0.889. The predicted molar refractivity (Wildman–Crippen MR) is 69.2 cm³/mol. The molecule has 0 bridgehead atoms. The summed E-state index contributed by atoms with van der Waals surface area (Å²) in [5, 5.41) is 13.5. The average molecular weight is 268 g/mol. The number of anilines is 1. The molecule has 1 rings (SSSR count). The van der Waals surface area contributed by atoms with Gasteiger partial charge in [-0.15, -0.1) is 0 Å². The van der Waals surface area contributed by atoms with Gasteiger partial charge in [0, 0.05) is 25.7 Å². The Labute approximate surface area is 110 Å². The van der Waals surface area contributed by atoms with Gasteiger partial charge in [-0.3, -0.25) is 14.9 Å². The fourth-order valence-corrected chi connectivity index (χ4v) is 1.30. The molecular weight excluding hydrogens is 252 g/mol. The van der Waals surface area contributed by atoms with Crippen LogP contribution in [0.15, 0.2) is 12.1 Å². The minimum atomic E-state index is -0.567. The number of carbonyl (C=O) groups excluding carboxylic acids is 1. The fourth-order valence-electron chi connectivity index (χ4n) is 1.30. The number of nitro groups is 1. The number of hydrogen-bond acceptors (Lipinski definition) is 6. The highest BCUT2D eigenvalue weighted by atomic mass is 16.6. The highest BCUT2D eigenvalue weighted by Crippen LogP contribution is 2.24. The normalized spacial score (nSPS) is 9.84. The number of rotatable bonds is 6. The highest BCUT2D eigenvalue weighted by molar-refractivity contribution is 5.81. The maximum Gasteiger partial charge on any atom is 0.311 e. The lowest BCUT2D eigenvalue weighted by molar-refractivity contribution is -0.384. The minimum absolute atomic E-state index is 0.0159. The summed E-state index contributed by atoms with van der Waals surface area (Å²) in [6.45, 7) is 2.34. The highest BCUT2D eigenvalue weighted by Gasteiger charge is 2.17. The quantitative estimate of drug-likeness (QED) is 0.607. The van der Waals surface area contributed by atoms with Crippen molar-refractivity contribution in [2.45, 2.75) is 6.92 Å². The lowest BCUT2D eigenvalue weighted by Gasteiger charge is -2.15. The Morgan fingerprint density at radius 3 is 2.79 bits per heavy atom. The first-order valence-electron chi connectivity index (χ1n) is 5.66. The summed E-state index contributed by atoms with van der Waals surface area (Å²) in [5.41, 5.74) is -0.201. The zero-order valence-corrected chi connectivity index (χ0v) is 11.0. The van der Waals surface area contributed by atoms with E-state index in [9.17, 15) is 14.9 Å². The number of nitrogens with one attached hydrogen (secondary N) is 1. The molecule has 0 fully saturated rings. The van der Waals surface area contributed by atoms with Gasteiger partial charge in [-0.25, -0.2) is 0 Å². The van der Waals surface area contributed by atoms with Crippen molar-refractivity contribution in [1.29, 1.82) is 0 Å². The molecule has 1 amide bonds. The van der Waals surface area contributed by atoms with Crippen molar-refractivity contribution in [3.05, 3.63) is 22.2 Å². The molecule has 0 spiro atoms. The fraction of sp³-hybridized carbons (Fsp3) is 0.455. The summed E-state index contributed by atoms with van der Waals surface area (Å²) in [6, 6.07) is 2.67. The largest absolute Gasteiger partial charge is 0.481 e. The van der Waals surface area contributed by atoms with Crippen LogP contribution >= 0.6 is 0 Å². The van der Waals surface area contributed by atoms with Crippen molar-refractivity contribution in [3.8, 4) is 5.88 Å². The van der Waals surface area contributed by atoms with E-state index in [1.165, 1.54) is 24.1 Å². The lowest BCUT2D eigenvalue weighted by atomic mass is 10.3. The number of amides is 1. The van der Waals surface area contributed by atoms with Crippen LogP contribution in [0.4, 0.5) is 11.5 Å². The summed E-state index contributed by atoms with van der Waals surface area (Å²) >= 11 is 0. The molecule has 0 saturated carbocycles. The van der Waals surface area contributed by atoms with Gasteiger partial charge in [-0.05, 0) is 6.92 Å². The second-order valence-electron chi connectivity index (χ2n) is 3.74. The molecule has 8 nitrogen and oxygen atoms in total. The van der Waals surface area contributed by atoms with E-state index in [4.69, 9.17) is 4.74 Å². The number of hydrogen-bond donors (Lipinski definition) is 1. The smallest absolute Gasteiger partial charge is 0.311 e. The maximum absolute atomic E-state index is 11.6. The standard InChI is InChI=1S/C11H16N4O4/c1-4-14(2)10(16)7-12-11-8(15(17)18)5-6-9(13-11)19-3/h5-6H,4,7H2,1-3H3,(H,12,13). The number of ether oxygens (including phenoxy) is 1. The van der Waals surface area contributed by atoms with Gasteiger partial charge in [-0.1, -0.05) is 0 Å². The third kappa shape index (κ3) is 3.80. The van der Waals surface area contributed by atoms with E-state index in [0.29, 0.717) is 6.54 Å². The zero-order valence-electron chi connectivity index (χ0n) is 11.0. The number of likely N-dealkylation sites (N-methyl/N-ethyl adjacent to an activating group) is 1. The third-order valence-corrected chi connectivity index (χ3v) is 2.56. The first kappa shape index (κ1) is 14.7. The van der Waals surface area contributed by atoms with E-state index in [2.05, 4.69) is 10.3 Å². The van der Waals surface area contributed by atoms with Crippen molar-refractivity contribution in [3.63, 3.8) is 0 Å². The topological polar surface area (TPSA) is 97.6 Å². The Morgan fingerprint density at radius 2 is 2.26 bits per heavy atom. The van der Waals surface area contributed by atoms with Crippen LogP contribution in [0.25, 0.3) is 0 Å². The van der Waals surface area contributed by atoms with Crippen LogP contribution in [0, 0.1) is 10.1 Å². The second kappa shape index (κ2) is 6.53. The van der Waals surface area contributed by atoms with Gasteiger partial charge in [-0.2, -0.15) is 4.98 Å². The SMILES string of the molecule is CCN(C)C(=O)CNc1nc(OC)ccc1[N+](=O)[O-]. The molecule has 0 atom stereocenters. The van der Waals surface area contributed by atoms with Gasteiger partial charge >= 0.3 is 5.69 Å². The Balaban J connectivity index is 2.86. The van der Waals surface area contributed by atoms with E-state index in [0.717, 1.165) is 0 Å². The summed E-state index contributed by atoms with van der Waals surface area (Å²) in [5.74, 6) is 0.0769. The van der Waals surface area contributed by atoms with Crippen molar-refractivity contribution in [2.24, 2.45) is 0 Å². The second-order valence-corrected chi connectivity index (χ2v) is 3.74. The number of pyridine rings is 1. The number of methoxy groups -OCH3 is 1. The van der Waals surface area contributed by atoms with Gasteiger partial charge in [0.2, 0.25) is 17.6 Å². The summed E-state index contributed by atoms with van der Waals surface area (Å²) in [6.07, 6.45) is 0. The Bertz CT molecular complexity index is 478. The van der Waals surface area contributed by atoms with Crippen LogP contribution in [0.3, 0.4) is 0 Å². The summed E-state index contributed by atoms with van der Waals surface area (Å²) in [7, 11) is 3.06. The van der Waals surface area contributed by atoms with Crippen LogP contribution in [0.5, 0.6) is 5.88 Å². The van der Waals surface area contributed by atoms with Crippen molar-refractivity contribution in [1.82, 2.24) is 9.88 Å². The van der Waals surface area contributed by atoms with E-state index in [-0.39, 0.29) is 29.8 Å². The van der Waals surface area contributed by atoms with Gasteiger partial charge in [0.15, 0.2) is 0 Å². The maximum atomic E-state index is 11.6. The molecule has 1 aromatic rings. The van der Waals surface area contributed by atoms with Gasteiger partial charge in [0.25, 0.3) is 0 Å². The van der Waals surface area contributed by atoms with E-state index >= 15 is 0 Å². The van der Waals surface area contributed by atoms with Crippen LogP contribution in [-0.2, 0) is 4.79 Å². The van der Waals surface area contributed by atoms with Gasteiger partial charge in [0.05, 0.1) is 18.6 Å². The Morgan fingerprint density at radius 1 is 1.58 bits per heavy atom. The molecular formula is C11H16N4O4. The third-order valence-electron chi connectivity index (χ3n) is 2.56. The van der Waals surface area contributed by atoms with E-state index in [1.54, 1.807) is 7.05 Å². The monoisotopic (exact) mass is 268 g/mol. The Kier molecular flexibility index (Phi) is 5.04. The van der Waals surface area contributed by atoms with E-state index < -0.39 is 4.92 Å². The first-order valence-corrected chi connectivity index (χ1v) is 5.66. The molecule has 0 radical (unpaired) electrons. The number of aromatic nitrogens is 1. The molecule has 1 heterocycles. The van der Waals surface area contributed by atoms with Crippen LogP contribution in [0.2, 0.25) is 0 Å². The van der Waals surface area contributed by atoms with Crippen LogP contribution < -0.4 is 10.1 Å².